The average molecular weight is 146 g/mol. The van der Waals surface area contributed by atoms with Crippen molar-refractivity contribution in [3.05, 3.63) is 0 Å². The molecule has 0 aromatic carbocycles. The standard InChI is InChI=1S/C6H14N2O2/c7-1-2-8-5-3-10-4-6(5)9/h5-6,8-9H,1-4,7H2. The molecular weight excluding hydrogens is 132 g/mol. The summed E-state index contributed by atoms with van der Waals surface area (Å²) in [6.45, 7) is 2.39. The van der Waals surface area contributed by atoms with Crippen LogP contribution in [0.15, 0.2) is 0 Å². The maximum absolute atomic E-state index is 9.19. The Hall–Kier alpha value is -0.160. The van der Waals surface area contributed by atoms with Crippen LogP contribution in [0, 0.1) is 0 Å². The molecule has 4 N–H and O–H groups in total. The van der Waals surface area contributed by atoms with Crippen LogP contribution in [-0.2, 0) is 4.74 Å². The van der Waals surface area contributed by atoms with Gasteiger partial charge in [0.15, 0.2) is 0 Å². The molecule has 10 heavy (non-hydrogen) atoms. The van der Waals surface area contributed by atoms with Gasteiger partial charge in [0.2, 0.25) is 0 Å². The van der Waals surface area contributed by atoms with E-state index in [9.17, 15) is 5.11 Å². The van der Waals surface area contributed by atoms with Gasteiger partial charge in [-0.2, -0.15) is 0 Å². The van der Waals surface area contributed by atoms with E-state index in [4.69, 9.17) is 10.5 Å². The van der Waals surface area contributed by atoms with Gasteiger partial charge in [0.1, 0.15) is 0 Å². The number of rotatable bonds is 3. The minimum atomic E-state index is -0.355. The van der Waals surface area contributed by atoms with Crippen LogP contribution >= 0.6 is 0 Å². The predicted octanol–water partition coefficient (Wildman–Crippen LogP) is -1.71. The Morgan fingerprint density at radius 3 is 2.90 bits per heavy atom. The largest absolute Gasteiger partial charge is 0.389 e. The number of hydrogen-bond donors (Lipinski definition) is 3. The van der Waals surface area contributed by atoms with Gasteiger partial charge in [0, 0.05) is 13.1 Å². The summed E-state index contributed by atoms with van der Waals surface area (Å²) in [7, 11) is 0. The summed E-state index contributed by atoms with van der Waals surface area (Å²) in [5.74, 6) is 0. The highest BCUT2D eigenvalue weighted by Crippen LogP contribution is 2.03. The fourth-order valence-corrected chi connectivity index (χ4v) is 1.01. The summed E-state index contributed by atoms with van der Waals surface area (Å²) >= 11 is 0. The molecule has 0 saturated carbocycles. The number of aliphatic hydroxyl groups excluding tert-OH is 1. The lowest BCUT2D eigenvalue weighted by Gasteiger charge is -2.12. The van der Waals surface area contributed by atoms with Gasteiger partial charge in [-0.25, -0.2) is 0 Å². The molecular formula is C6H14N2O2. The zero-order chi connectivity index (χ0) is 7.40. The molecule has 0 spiro atoms. The smallest absolute Gasteiger partial charge is 0.0948 e. The van der Waals surface area contributed by atoms with E-state index in [0.29, 0.717) is 19.8 Å². The van der Waals surface area contributed by atoms with Gasteiger partial charge < -0.3 is 20.9 Å². The molecule has 0 aliphatic carbocycles. The van der Waals surface area contributed by atoms with E-state index in [2.05, 4.69) is 5.32 Å². The average Bonchev–Trinajstić information content (AvgIpc) is 2.31. The Kier molecular flexibility index (Phi) is 3.08. The Bertz CT molecular complexity index is 99.7. The Morgan fingerprint density at radius 2 is 2.40 bits per heavy atom. The normalized spacial score (nSPS) is 33.0. The van der Waals surface area contributed by atoms with E-state index in [1.807, 2.05) is 0 Å². The van der Waals surface area contributed by atoms with Crippen molar-refractivity contribution in [1.82, 2.24) is 5.32 Å². The minimum Gasteiger partial charge on any atom is -0.389 e. The Morgan fingerprint density at radius 1 is 1.60 bits per heavy atom. The van der Waals surface area contributed by atoms with Crippen LogP contribution in [0.1, 0.15) is 0 Å². The van der Waals surface area contributed by atoms with Crippen molar-refractivity contribution in [2.45, 2.75) is 12.1 Å². The van der Waals surface area contributed by atoms with Crippen LogP contribution in [0.2, 0.25) is 0 Å². The predicted molar refractivity (Wildman–Crippen MR) is 37.7 cm³/mol. The van der Waals surface area contributed by atoms with E-state index in [1.54, 1.807) is 0 Å². The molecule has 0 amide bonds. The van der Waals surface area contributed by atoms with Crippen molar-refractivity contribution in [1.29, 1.82) is 0 Å². The SMILES string of the molecule is NCCNC1COCC1O. The number of ether oxygens (including phenoxy) is 1. The molecule has 1 aliphatic heterocycles. The van der Waals surface area contributed by atoms with Crippen molar-refractivity contribution in [3.8, 4) is 0 Å². The van der Waals surface area contributed by atoms with Crippen LogP contribution in [0.3, 0.4) is 0 Å². The number of aliphatic hydroxyl groups is 1. The third kappa shape index (κ3) is 1.91. The molecule has 4 nitrogen and oxygen atoms in total. The summed E-state index contributed by atoms with van der Waals surface area (Å²) < 4.78 is 5.01. The van der Waals surface area contributed by atoms with E-state index in [1.165, 1.54) is 0 Å². The van der Waals surface area contributed by atoms with E-state index < -0.39 is 0 Å². The molecule has 60 valence electrons. The quantitative estimate of drug-likeness (QED) is 0.444. The first-order chi connectivity index (χ1) is 4.84. The molecule has 1 saturated heterocycles. The van der Waals surface area contributed by atoms with Gasteiger partial charge in [-0.05, 0) is 0 Å². The van der Waals surface area contributed by atoms with Gasteiger partial charge in [-0.3, -0.25) is 0 Å². The van der Waals surface area contributed by atoms with Crippen molar-refractivity contribution in [2.24, 2.45) is 5.73 Å². The van der Waals surface area contributed by atoms with Crippen LogP contribution in [0.5, 0.6) is 0 Å². The molecule has 4 heteroatoms. The van der Waals surface area contributed by atoms with Crippen LogP contribution < -0.4 is 11.1 Å². The van der Waals surface area contributed by atoms with Crippen LogP contribution in [-0.4, -0.2) is 43.6 Å². The number of hydrogen-bond acceptors (Lipinski definition) is 4. The molecule has 0 aromatic rings. The van der Waals surface area contributed by atoms with E-state index in [-0.39, 0.29) is 12.1 Å². The van der Waals surface area contributed by atoms with Gasteiger partial charge in [-0.15, -0.1) is 0 Å². The van der Waals surface area contributed by atoms with Gasteiger partial charge in [0.05, 0.1) is 25.4 Å². The molecule has 0 aromatic heterocycles. The maximum atomic E-state index is 9.19. The summed E-state index contributed by atoms with van der Waals surface area (Å²) in [6, 6.07) is 0.0866. The second-order valence-corrected chi connectivity index (χ2v) is 2.45. The van der Waals surface area contributed by atoms with Crippen molar-refractivity contribution < 1.29 is 9.84 Å². The first-order valence-electron chi connectivity index (χ1n) is 3.54. The summed E-state index contributed by atoms with van der Waals surface area (Å²) in [5, 5.41) is 12.3. The van der Waals surface area contributed by atoms with Gasteiger partial charge in [0.25, 0.3) is 0 Å². The van der Waals surface area contributed by atoms with Gasteiger partial charge >= 0.3 is 0 Å². The zero-order valence-corrected chi connectivity index (χ0v) is 5.92. The lowest BCUT2D eigenvalue weighted by atomic mass is 10.2. The third-order valence-corrected chi connectivity index (χ3v) is 1.60. The minimum absolute atomic E-state index is 0.0866. The Balaban J connectivity index is 2.14. The summed E-state index contributed by atoms with van der Waals surface area (Å²) in [4.78, 5) is 0. The summed E-state index contributed by atoms with van der Waals surface area (Å²) in [5.41, 5.74) is 5.27. The fraction of sp³-hybridized carbons (Fsp3) is 1.00. The molecule has 1 heterocycles. The number of nitrogens with two attached hydrogens (primary N) is 1. The van der Waals surface area contributed by atoms with Crippen LogP contribution in [0.25, 0.3) is 0 Å². The monoisotopic (exact) mass is 146 g/mol. The molecule has 2 unspecified atom stereocenters. The zero-order valence-electron chi connectivity index (χ0n) is 5.92. The van der Waals surface area contributed by atoms with Gasteiger partial charge in [-0.1, -0.05) is 0 Å². The highest BCUT2D eigenvalue weighted by atomic mass is 16.5. The molecule has 1 fully saturated rings. The second-order valence-electron chi connectivity index (χ2n) is 2.45. The highest BCUT2D eigenvalue weighted by molar-refractivity contribution is 4.80. The van der Waals surface area contributed by atoms with Crippen molar-refractivity contribution in [2.75, 3.05) is 26.3 Å². The van der Waals surface area contributed by atoms with E-state index in [0.717, 1.165) is 6.54 Å². The molecule has 1 aliphatic rings. The third-order valence-electron chi connectivity index (χ3n) is 1.60. The first-order valence-corrected chi connectivity index (χ1v) is 3.54. The molecule has 1 rings (SSSR count). The second kappa shape index (κ2) is 3.88. The van der Waals surface area contributed by atoms with Crippen molar-refractivity contribution in [3.63, 3.8) is 0 Å². The van der Waals surface area contributed by atoms with Crippen molar-refractivity contribution >= 4 is 0 Å². The highest BCUT2D eigenvalue weighted by Gasteiger charge is 2.24. The van der Waals surface area contributed by atoms with E-state index >= 15 is 0 Å². The lowest BCUT2D eigenvalue weighted by Crippen LogP contribution is -2.41. The number of nitrogens with one attached hydrogen (secondary N) is 1. The van der Waals surface area contributed by atoms with Crippen LogP contribution in [0.4, 0.5) is 0 Å². The molecule has 0 bridgehead atoms. The maximum Gasteiger partial charge on any atom is 0.0948 e. The lowest BCUT2D eigenvalue weighted by molar-refractivity contribution is 0.122. The molecule has 0 radical (unpaired) electrons. The summed E-state index contributed by atoms with van der Waals surface area (Å²) in [6.07, 6.45) is -0.355. The Labute approximate surface area is 60.4 Å². The molecule has 2 atom stereocenters. The topological polar surface area (TPSA) is 67.5 Å². The first kappa shape index (κ1) is 7.94. The fourth-order valence-electron chi connectivity index (χ4n) is 1.01.